The summed E-state index contributed by atoms with van der Waals surface area (Å²) in [6.45, 7) is 17.2. The van der Waals surface area contributed by atoms with Crippen LogP contribution < -0.4 is 0 Å². The zero-order valence-electron chi connectivity index (χ0n) is 26.1. The molecule has 4 aliphatic carbocycles. The number of carbonyl (C=O) groups is 1. The van der Waals surface area contributed by atoms with Gasteiger partial charge in [-0.2, -0.15) is 0 Å². The number of allylic oxidation sites excluding steroid dienone is 3. The topological polar surface area (TPSA) is 26.3 Å². The van der Waals surface area contributed by atoms with Crippen molar-refractivity contribution in [2.75, 3.05) is 0 Å². The van der Waals surface area contributed by atoms with Crippen LogP contribution in [0.5, 0.6) is 0 Å². The summed E-state index contributed by atoms with van der Waals surface area (Å²) in [5, 5.41) is 0. The summed E-state index contributed by atoms with van der Waals surface area (Å²) in [4.78, 5) is 12.5. The Balaban J connectivity index is 1.35. The average molecular weight is 525 g/mol. The summed E-state index contributed by atoms with van der Waals surface area (Å²) < 4.78 is 6.01. The number of esters is 1. The van der Waals surface area contributed by atoms with Crippen molar-refractivity contribution in [3.05, 3.63) is 23.8 Å². The quantitative estimate of drug-likeness (QED) is 0.153. The molecule has 0 N–H and O–H groups in total. The highest BCUT2D eigenvalue weighted by molar-refractivity contribution is 5.69. The standard InChI is InChI=1S/C36H60O2/c1-8-9-10-11-12-13-34(37)38-29-20-22-35(6)28(24-29)16-17-30-32-19-18-31(36(32,7)23-21-33(30)35)27(5)15-14-26(4)25(2)3/h8-9,16,25-27,29-33H,10-15,17-24H2,1-7H3/b9-8-. The van der Waals surface area contributed by atoms with Gasteiger partial charge in [0, 0.05) is 12.8 Å². The van der Waals surface area contributed by atoms with Gasteiger partial charge in [0.15, 0.2) is 0 Å². The maximum absolute atomic E-state index is 12.5. The van der Waals surface area contributed by atoms with Gasteiger partial charge >= 0.3 is 5.97 Å². The van der Waals surface area contributed by atoms with E-state index in [1.54, 1.807) is 5.57 Å². The second kappa shape index (κ2) is 12.6. The van der Waals surface area contributed by atoms with Crippen LogP contribution in [0.15, 0.2) is 23.8 Å². The first-order valence-corrected chi connectivity index (χ1v) is 16.6. The molecule has 4 rings (SSSR count). The highest BCUT2D eigenvalue weighted by Crippen LogP contribution is 2.67. The smallest absolute Gasteiger partial charge is 0.306 e. The van der Waals surface area contributed by atoms with Gasteiger partial charge in [-0.15, -0.1) is 0 Å². The molecule has 0 aliphatic heterocycles. The van der Waals surface area contributed by atoms with Gasteiger partial charge in [0.1, 0.15) is 6.10 Å². The molecule has 0 spiro atoms. The van der Waals surface area contributed by atoms with Gasteiger partial charge < -0.3 is 4.74 Å². The monoisotopic (exact) mass is 524 g/mol. The molecule has 3 saturated carbocycles. The second-order valence-corrected chi connectivity index (χ2v) is 14.9. The van der Waals surface area contributed by atoms with Crippen LogP contribution in [-0.2, 0) is 9.53 Å². The van der Waals surface area contributed by atoms with Crippen molar-refractivity contribution in [3.63, 3.8) is 0 Å². The minimum absolute atomic E-state index is 0.0238. The Labute approximate surface area is 235 Å². The van der Waals surface area contributed by atoms with E-state index < -0.39 is 0 Å². The molecular weight excluding hydrogens is 464 g/mol. The first-order chi connectivity index (χ1) is 18.1. The van der Waals surface area contributed by atoms with Gasteiger partial charge in [-0.25, -0.2) is 0 Å². The first-order valence-electron chi connectivity index (χ1n) is 16.6. The van der Waals surface area contributed by atoms with Crippen molar-refractivity contribution >= 4 is 5.97 Å². The van der Waals surface area contributed by atoms with Crippen molar-refractivity contribution in [3.8, 4) is 0 Å². The van der Waals surface area contributed by atoms with Gasteiger partial charge in [0.05, 0.1) is 0 Å². The van der Waals surface area contributed by atoms with Crippen LogP contribution in [0.25, 0.3) is 0 Å². The van der Waals surface area contributed by atoms with E-state index in [0.717, 1.165) is 73.5 Å². The Morgan fingerprint density at radius 2 is 1.82 bits per heavy atom. The van der Waals surface area contributed by atoms with E-state index >= 15 is 0 Å². The van der Waals surface area contributed by atoms with E-state index in [4.69, 9.17) is 4.74 Å². The second-order valence-electron chi connectivity index (χ2n) is 14.9. The lowest BCUT2D eigenvalue weighted by molar-refractivity contribution is -0.151. The fourth-order valence-corrected chi connectivity index (χ4v) is 9.71. The molecule has 2 nitrogen and oxygen atoms in total. The number of fused-ring (bicyclic) bond motifs is 5. The Morgan fingerprint density at radius 1 is 1.03 bits per heavy atom. The fraction of sp³-hybridized carbons (Fsp3) is 0.861. The highest BCUT2D eigenvalue weighted by Gasteiger charge is 2.59. The summed E-state index contributed by atoms with van der Waals surface area (Å²) in [6, 6.07) is 0. The molecule has 3 fully saturated rings. The molecule has 0 heterocycles. The maximum Gasteiger partial charge on any atom is 0.306 e. The van der Waals surface area contributed by atoms with E-state index in [1.165, 1.54) is 51.4 Å². The lowest BCUT2D eigenvalue weighted by atomic mass is 9.47. The minimum atomic E-state index is 0.0238. The fourth-order valence-electron chi connectivity index (χ4n) is 9.71. The first kappa shape index (κ1) is 29.9. The van der Waals surface area contributed by atoms with Crippen LogP contribution in [0.1, 0.15) is 138 Å². The summed E-state index contributed by atoms with van der Waals surface area (Å²) in [7, 11) is 0. The Hall–Kier alpha value is -1.05. The van der Waals surface area contributed by atoms with E-state index in [-0.39, 0.29) is 12.1 Å². The third-order valence-corrected chi connectivity index (χ3v) is 12.6. The summed E-state index contributed by atoms with van der Waals surface area (Å²) in [5.41, 5.74) is 2.50. The third-order valence-electron chi connectivity index (χ3n) is 12.6. The van der Waals surface area contributed by atoms with Crippen LogP contribution in [0, 0.1) is 52.3 Å². The van der Waals surface area contributed by atoms with Crippen LogP contribution in [0.3, 0.4) is 0 Å². The Kier molecular flexibility index (Phi) is 9.95. The number of unbranched alkanes of at least 4 members (excludes halogenated alkanes) is 2. The minimum Gasteiger partial charge on any atom is -0.462 e. The average Bonchev–Trinajstić information content (AvgIpc) is 3.24. The summed E-state index contributed by atoms with van der Waals surface area (Å²) in [6.07, 6.45) is 23.8. The van der Waals surface area contributed by atoms with Crippen molar-refractivity contribution in [1.29, 1.82) is 0 Å². The molecule has 0 radical (unpaired) electrons. The molecular formula is C36H60O2. The number of carbonyl (C=O) groups excluding carboxylic acids is 1. The predicted octanol–water partition coefficient (Wildman–Crippen LogP) is 10.3. The molecule has 38 heavy (non-hydrogen) atoms. The van der Waals surface area contributed by atoms with Crippen molar-refractivity contribution in [2.45, 2.75) is 144 Å². The lowest BCUT2D eigenvalue weighted by Crippen LogP contribution is -2.51. The predicted molar refractivity (Wildman–Crippen MR) is 161 cm³/mol. The molecule has 2 heteroatoms. The van der Waals surface area contributed by atoms with Gasteiger partial charge in [0.2, 0.25) is 0 Å². The maximum atomic E-state index is 12.5. The van der Waals surface area contributed by atoms with Crippen molar-refractivity contribution < 1.29 is 9.53 Å². The summed E-state index contributed by atoms with van der Waals surface area (Å²) in [5.74, 6) is 6.06. The summed E-state index contributed by atoms with van der Waals surface area (Å²) >= 11 is 0. The number of hydrogen-bond donors (Lipinski definition) is 0. The number of hydrogen-bond acceptors (Lipinski definition) is 2. The zero-order chi connectivity index (χ0) is 27.5. The van der Waals surface area contributed by atoms with Gasteiger partial charge in [-0.3, -0.25) is 4.79 Å². The molecule has 9 unspecified atom stereocenters. The lowest BCUT2D eigenvalue weighted by Gasteiger charge is -2.58. The molecule has 0 aromatic carbocycles. The molecule has 0 amide bonds. The van der Waals surface area contributed by atoms with Crippen LogP contribution in [-0.4, -0.2) is 12.1 Å². The number of ether oxygens (including phenoxy) is 1. The van der Waals surface area contributed by atoms with Crippen LogP contribution in [0.4, 0.5) is 0 Å². The van der Waals surface area contributed by atoms with E-state index in [2.05, 4.69) is 66.7 Å². The molecule has 0 saturated heterocycles. The SMILES string of the molecule is C/C=C\CCCCC(=O)OC1CCC2(C)C(=CCC3C2CCC2(C)C(C(C)CCC(C)C(C)C)CCC32)C1. The van der Waals surface area contributed by atoms with Crippen LogP contribution >= 0.6 is 0 Å². The highest BCUT2D eigenvalue weighted by atomic mass is 16.5. The van der Waals surface area contributed by atoms with Gasteiger partial charge in [0.25, 0.3) is 0 Å². The number of rotatable bonds is 11. The van der Waals surface area contributed by atoms with Crippen LogP contribution in [0.2, 0.25) is 0 Å². The Morgan fingerprint density at radius 3 is 2.55 bits per heavy atom. The Bertz CT molecular complexity index is 853. The molecule has 0 aromatic rings. The van der Waals surface area contributed by atoms with Crippen molar-refractivity contribution in [2.24, 2.45) is 52.3 Å². The van der Waals surface area contributed by atoms with Gasteiger partial charge in [-0.1, -0.05) is 78.2 Å². The molecule has 216 valence electrons. The molecule has 0 bridgehead atoms. The van der Waals surface area contributed by atoms with Crippen molar-refractivity contribution in [1.82, 2.24) is 0 Å². The molecule has 4 aliphatic rings. The largest absolute Gasteiger partial charge is 0.462 e. The molecule has 0 aromatic heterocycles. The third kappa shape index (κ3) is 6.15. The van der Waals surface area contributed by atoms with Gasteiger partial charge in [-0.05, 0) is 123 Å². The van der Waals surface area contributed by atoms with E-state index in [0.29, 0.717) is 17.3 Å². The normalized spacial score (nSPS) is 38.3. The molecule has 9 atom stereocenters. The zero-order valence-corrected chi connectivity index (χ0v) is 26.1. The van der Waals surface area contributed by atoms with E-state index in [9.17, 15) is 4.79 Å². The van der Waals surface area contributed by atoms with E-state index in [1.807, 2.05) is 0 Å².